The Labute approximate surface area is 251 Å². The fraction of sp³-hybridized carbons (Fsp3) is 0.212. The summed E-state index contributed by atoms with van der Waals surface area (Å²) in [5, 5.41) is 7.89. The van der Waals surface area contributed by atoms with Gasteiger partial charge < -0.3 is 4.52 Å². The first kappa shape index (κ1) is 28.7. The Morgan fingerprint density at radius 2 is 1.57 bits per heavy atom. The minimum absolute atomic E-state index is 0.149. The Balaban J connectivity index is 1.26. The van der Waals surface area contributed by atoms with Gasteiger partial charge in [-0.05, 0) is 47.7 Å². The van der Waals surface area contributed by atoms with Crippen molar-refractivity contribution < 1.29 is 13.4 Å². The van der Waals surface area contributed by atoms with Crippen LogP contribution in [0.15, 0.2) is 91.4 Å². The van der Waals surface area contributed by atoms with E-state index in [1.807, 2.05) is 55.5 Å². The van der Waals surface area contributed by atoms with Gasteiger partial charge in [-0.2, -0.15) is 4.98 Å². The van der Waals surface area contributed by atoms with Crippen molar-refractivity contribution in [2.24, 2.45) is 0 Å². The van der Waals surface area contributed by atoms with Gasteiger partial charge >= 0.3 is 5.76 Å². The van der Waals surface area contributed by atoms with Crippen LogP contribution in [0.1, 0.15) is 53.3 Å². The Kier molecular flexibility index (Phi) is 8.09. The Bertz CT molecular complexity index is 2020. The van der Waals surface area contributed by atoms with Gasteiger partial charge in [0.25, 0.3) is 5.56 Å². The molecule has 0 bridgehead atoms. The molecule has 0 saturated heterocycles. The maximum absolute atomic E-state index is 13.9. The molecule has 0 aliphatic carbocycles. The third-order valence-electron chi connectivity index (χ3n) is 7.36. The number of nitrogens with zero attached hydrogens (tertiary/aromatic N) is 5. The third kappa shape index (κ3) is 6.17. The molecule has 6 rings (SSSR count). The summed E-state index contributed by atoms with van der Waals surface area (Å²) in [5.74, 6) is 0.913. The quantitative estimate of drug-likeness (QED) is 0.228. The summed E-state index contributed by atoms with van der Waals surface area (Å²) in [6, 6.07) is 21.6. The molecule has 0 amide bonds. The van der Waals surface area contributed by atoms with Gasteiger partial charge in [0.05, 0.1) is 13.0 Å². The molecule has 0 spiro atoms. The third-order valence-corrected chi connectivity index (χ3v) is 7.36. The number of benzene rings is 3. The first-order valence-corrected chi connectivity index (χ1v) is 14.3. The van der Waals surface area contributed by atoms with Crippen LogP contribution in [-0.2, 0) is 25.8 Å². The minimum Gasteiger partial charge on any atom is -0.339 e. The zero-order valence-electron chi connectivity index (χ0n) is 24.2. The average Bonchev–Trinajstić information content (AvgIpc) is 3.67. The highest BCUT2D eigenvalue weighted by Crippen LogP contribution is 2.30. The van der Waals surface area contributed by atoms with Gasteiger partial charge in [-0.15, -0.1) is 0 Å². The van der Waals surface area contributed by atoms with Crippen LogP contribution in [-0.4, -0.2) is 29.8 Å². The van der Waals surface area contributed by atoms with E-state index in [4.69, 9.17) is 14.0 Å². The number of rotatable bonds is 10. The van der Waals surface area contributed by atoms with Crippen molar-refractivity contribution in [1.29, 1.82) is 0 Å². The lowest BCUT2D eigenvalue weighted by Gasteiger charge is -2.16. The van der Waals surface area contributed by atoms with Crippen molar-refractivity contribution in [2.75, 3.05) is 0 Å². The van der Waals surface area contributed by atoms with Crippen molar-refractivity contribution >= 4 is 0 Å². The molecule has 222 valence electrons. The molecule has 0 fully saturated rings. The summed E-state index contributed by atoms with van der Waals surface area (Å²) in [6.07, 6.45) is 2.03. The number of aromatic nitrogens is 6. The maximum atomic E-state index is 13.9. The van der Waals surface area contributed by atoms with Crippen LogP contribution >= 0.6 is 0 Å². The fourth-order valence-electron chi connectivity index (χ4n) is 5.17. The van der Waals surface area contributed by atoms with Gasteiger partial charge in [-0.1, -0.05) is 77.9 Å². The molecule has 3 aromatic heterocycles. The minimum atomic E-state index is -0.617. The molecule has 44 heavy (non-hydrogen) atoms. The second kappa shape index (κ2) is 12.4. The summed E-state index contributed by atoms with van der Waals surface area (Å²) in [6.45, 7) is 4.21. The number of H-pyrrole nitrogens is 1. The molecular weight excluding hydrogens is 563 g/mol. The maximum Gasteiger partial charge on any atom is 0.439 e. The number of aromatic amines is 1. The van der Waals surface area contributed by atoms with Gasteiger partial charge in [-0.3, -0.25) is 18.9 Å². The molecule has 10 nitrogen and oxygen atoms in total. The molecule has 3 heterocycles. The molecule has 0 unspecified atom stereocenters. The summed E-state index contributed by atoms with van der Waals surface area (Å²) in [5.41, 5.74) is 5.29. The zero-order chi connectivity index (χ0) is 30.6. The van der Waals surface area contributed by atoms with Gasteiger partial charge in [0.2, 0.25) is 5.89 Å². The van der Waals surface area contributed by atoms with Crippen molar-refractivity contribution in [3.05, 3.63) is 139 Å². The standard InChI is InChI=1S/C33H29FN6O4/c1-3-6-29-35-20(2)27(18-30-36-28(38-43-30)17-21-11-15-24(34)16-12-21)32(41)40(29)19-22-9-13-23(14-10-22)25-7-4-5-8-26(25)31-37-33(42)44-39-31/h4-5,7-16H,3,6,17-19H2,1-2H3,(H,37,39,42). The normalized spacial score (nSPS) is 11.2. The van der Waals surface area contributed by atoms with E-state index in [9.17, 15) is 14.0 Å². The van der Waals surface area contributed by atoms with Crippen molar-refractivity contribution in [2.45, 2.75) is 46.1 Å². The summed E-state index contributed by atoms with van der Waals surface area (Å²) < 4.78 is 25.1. The van der Waals surface area contributed by atoms with Crippen molar-refractivity contribution in [1.82, 2.24) is 29.8 Å². The number of hydrogen-bond acceptors (Lipinski definition) is 8. The zero-order valence-corrected chi connectivity index (χ0v) is 24.2. The highest BCUT2D eigenvalue weighted by molar-refractivity contribution is 5.80. The number of nitrogens with one attached hydrogen (secondary N) is 1. The molecule has 6 aromatic rings. The van der Waals surface area contributed by atoms with E-state index in [-0.39, 0.29) is 17.8 Å². The SMILES string of the molecule is CCCc1nc(C)c(Cc2nc(Cc3ccc(F)cc3)no2)c(=O)n1Cc1ccc(-c2ccccc2-c2noc(=O)[nH]2)cc1. The molecule has 0 aliphatic rings. The van der Waals surface area contributed by atoms with Crippen molar-refractivity contribution in [3.8, 4) is 22.5 Å². The molecule has 0 aliphatic heterocycles. The summed E-state index contributed by atoms with van der Waals surface area (Å²) in [7, 11) is 0. The van der Waals surface area contributed by atoms with Crippen LogP contribution in [0.3, 0.4) is 0 Å². The van der Waals surface area contributed by atoms with Crippen LogP contribution in [0.5, 0.6) is 0 Å². The van der Waals surface area contributed by atoms with E-state index < -0.39 is 5.76 Å². The highest BCUT2D eigenvalue weighted by Gasteiger charge is 2.18. The molecule has 11 heteroatoms. The predicted molar refractivity (Wildman–Crippen MR) is 161 cm³/mol. The van der Waals surface area contributed by atoms with Crippen LogP contribution in [0.4, 0.5) is 4.39 Å². The predicted octanol–water partition coefficient (Wildman–Crippen LogP) is 5.27. The van der Waals surface area contributed by atoms with E-state index in [1.165, 1.54) is 12.1 Å². The van der Waals surface area contributed by atoms with E-state index >= 15 is 0 Å². The fourth-order valence-corrected chi connectivity index (χ4v) is 5.17. The Morgan fingerprint density at radius 3 is 2.27 bits per heavy atom. The Hall–Kier alpha value is -5.45. The second-order valence-corrected chi connectivity index (χ2v) is 10.5. The smallest absolute Gasteiger partial charge is 0.339 e. The number of aryl methyl sites for hydroxylation is 2. The first-order chi connectivity index (χ1) is 21.4. The van der Waals surface area contributed by atoms with Gasteiger partial charge in [0.1, 0.15) is 11.6 Å². The van der Waals surface area contributed by atoms with Crippen molar-refractivity contribution in [3.63, 3.8) is 0 Å². The molecular formula is C33H29FN6O4. The summed E-state index contributed by atoms with van der Waals surface area (Å²) >= 11 is 0. The van der Waals surface area contributed by atoms with Crippen LogP contribution < -0.4 is 11.3 Å². The van der Waals surface area contributed by atoms with Gasteiger partial charge in [0, 0.05) is 29.7 Å². The monoisotopic (exact) mass is 592 g/mol. The van der Waals surface area contributed by atoms with Gasteiger partial charge in [0.15, 0.2) is 11.6 Å². The lowest BCUT2D eigenvalue weighted by Crippen LogP contribution is -2.30. The van der Waals surface area contributed by atoms with E-state index in [0.29, 0.717) is 54.0 Å². The molecule has 0 radical (unpaired) electrons. The number of halogens is 1. The molecule has 1 N–H and O–H groups in total. The molecule has 3 aromatic carbocycles. The lowest BCUT2D eigenvalue weighted by molar-refractivity contribution is 0.379. The van der Waals surface area contributed by atoms with Crippen LogP contribution in [0.25, 0.3) is 22.5 Å². The second-order valence-electron chi connectivity index (χ2n) is 10.5. The Morgan fingerprint density at radius 1 is 0.841 bits per heavy atom. The van der Waals surface area contributed by atoms with Crippen LogP contribution in [0.2, 0.25) is 0 Å². The molecule has 0 saturated carbocycles. The summed E-state index contributed by atoms with van der Waals surface area (Å²) in [4.78, 5) is 37.3. The van der Waals surface area contributed by atoms with Gasteiger partial charge in [-0.25, -0.2) is 14.2 Å². The first-order valence-electron chi connectivity index (χ1n) is 14.3. The number of hydrogen-bond donors (Lipinski definition) is 1. The van der Waals surface area contributed by atoms with E-state index in [0.717, 1.165) is 34.2 Å². The average molecular weight is 593 g/mol. The van der Waals surface area contributed by atoms with E-state index in [1.54, 1.807) is 16.7 Å². The van der Waals surface area contributed by atoms with Crippen LogP contribution in [0, 0.1) is 12.7 Å². The highest BCUT2D eigenvalue weighted by atomic mass is 19.1. The lowest BCUT2D eigenvalue weighted by atomic mass is 9.98. The van der Waals surface area contributed by atoms with E-state index in [2.05, 4.69) is 27.2 Å². The largest absolute Gasteiger partial charge is 0.439 e. The topological polar surface area (TPSA) is 133 Å². The molecule has 0 atom stereocenters.